The Morgan fingerprint density at radius 3 is 2.62 bits per heavy atom. The number of amides is 1. The number of carbonyl (C=O) groups excluding carboxylic acids is 2. The molecule has 0 aliphatic carbocycles. The molecule has 1 amide bonds. The summed E-state index contributed by atoms with van der Waals surface area (Å²) in [5.74, 6) is 0.626. The van der Waals surface area contributed by atoms with Gasteiger partial charge in [0.2, 0.25) is 0 Å². The van der Waals surface area contributed by atoms with E-state index in [9.17, 15) is 9.59 Å². The van der Waals surface area contributed by atoms with Crippen LogP contribution in [0.15, 0.2) is 18.2 Å². The predicted octanol–water partition coefficient (Wildman–Crippen LogP) is 2.74. The number of rotatable bonds is 8. The summed E-state index contributed by atoms with van der Waals surface area (Å²) in [5, 5.41) is 3.05. The number of imidazole rings is 1. The van der Waals surface area contributed by atoms with E-state index in [1.54, 1.807) is 13.0 Å². The van der Waals surface area contributed by atoms with Crippen molar-refractivity contribution in [1.82, 2.24) is 9.88 Å². The van der Waals surface area contributed by atoms with Gasteiger partial charge in [-0.2, -0.15) is 0 Å². The first kappa shape index (κ1) is 19.9. The summed E-state index contributed by atoms with van der Waals surface area (Å²) in [6.45, 7) is 11.3. The van der Waals surface area contributed by atoms with E-state index in [1.807, 2.05) is 30.5 Å². The zero-order valence-corrected chi connectivity index (χ0v) is 16.5. The topological polar surface area (TPSA) is 64.2 Å². The molecule has 26 heavy (non-hydrogen) atoms. The number of esters is 1. The van der Waals surface area contributed by atoms with Gasteiger partial charge in [0.15, 0.2) is 17.6 Å². The standard InChI is InChI=1S/C20H29N3O3/c1-6-9-14(4)21-19(24)13-23-15(5)22(7-2)17-11-10-16(12-18(17)23)20(25)26-8-3/h10-12,14H,6-9,13H2,1-5H3/p+1/t14-/m0/s1. The average molecular weight is 360 g/mol. The van der Waals surface area contributed by atoms with E-state index in [2.05, 4.69) is 23.7 Å². The van der Waals surface area contributed by atoms with Crippen LogP contribution >= 0.6 is 0 Å². The molecule has 0 saturated heterocycles. The molecule has 1 atom stereocenters. The highest BCUT2D eigenvalue weighted by Crippen LogP contribution is 2.17. The van der Waals surface area contributed by atoms with Crippen molar-refractivity contribution in [3.63, 3.8) is 0 Å². The van der Waals surface area contributed by atoms with Crippen molar-refractivity contribution in [2.45, 2.75) is 66.6 Å². The van der Waals surface area contributed by atoms with Gasteiger partial charge in [-0.25, -0.2) is 13.9 Å². The first-order valence-electron chi connectivity index (χ1n) is 9.42. The maximum atomic E-state index is 12.5. The van der Waals surface area contributed by atoms with E-state index in [4.69, 9.17) is 4.74 Å². The van der Waals surface area contributed by atoms with E-state index >= 15 is 0 Å². The number of hydrogen-bond acceptors (Lipinski definition) is 3. The molecule has 1 heterocycles. The molecule has 0 bridgehead atoms. The summed E-state index contributed by atoms with van der Waals surface area (Å²) >= 11 is 0. The molecule has 0 aliphatic rings. The zero-order chi connectivity index (χ0) is 19.3. The lowest BCUT2D eigenvalue weighted by Crippen LogP contribution is -2.38. The summed E-state index contributed by atoms with van der Waals surface area (Å²) < 4.78 is 9.22. The van der Waals surface area contributed by atoms with Crippen molar-refractivity contribution in [2.75, 3.05) is 6.61 Å². The number of nitrogens with zero attached hydrogens (tertiary/aromatic N) is 2. The van der Waals surface area contributed by atoms with Crippen LogP contribution in [0.2, 0.25) is 0 Å². The zero-order valence-electron chi connectivity index (χ0n) is 16.5. The first-order valence-corrected chi connectivity index (χ1v) is 9.42. The highest BCUT2D eigenvalue weighted by molar-refractivity contribution is 5.93. The van der Waals surface area contributed by atoms with E-state index in [0.29, 0.717) is 12.2 Å². The van der Waals surface area contributed by atoms with Gasteiger partial charge in [-0.15, -0.1) is 0 Å². The monoisotopic (exact) mass is 360 g/mol. The van der Waals surface area contributed by atoms with Gasteiger partial charge in [0.25, 0.3) is 11.7 Å². The summed E-state index contributed by atoms with van der Waals surface area (Å²) in [6.07, 6.45) is 1.99. The number of benzene rings is 1. The van der Waals surface area contributed by atoms with E-state index < -0.39 is 0 Å². The Kier molecular flexibility index (Phi) is 6.77. The Hall–Kier alpha value is -2.37. The lowest BCUT2D eigenvalue weighted by molar-refractivity contribution is -0.674. The van der Waals surface area contributed by atoms with Crippen LogP contribution in [0.25, 0.3) is 11.0 Å². The number of aromatic nitrogens is 2. The van der Waals surface area contributed by atoms with E-state index in [0.717, 1.165) is 36.2 Å². The summed E-state index contributed by atoms with van der Waals surface area (Å²) in [4.78, 5) is 24.6. The van der Waals surface area contributed by atoms with Crippen LogP contribution in [0.4, 0.5) is 0 Å². The van der Waals surface area contributed by atoms with Gasteiger partial charge in [0, 0.05) is 19.0 Å². The van der Waals surface area contributed by atoms with Crippen LogP contribution < -0.4 is 9.88 Å². The van der Waals surface area contributed by atoms with Crippen molar-refractivity contribution in [3.8, 4) is 0 Å². The molecular weight excluding hydrogens is 330 g/mol. The fraction of sp³-hybridized carbons (Fsp3) is 0.550. The van der Waals surface area contributed by atoms with Crippen molar-refractivity contribution in [3.05, 3.63) is 29.6 Å². The van der Waals surface area contributed by atoms with Crippen molar-refractivity contribution >= 4 is 22.9 Å². The molecule has 0 saturated carbocycles. The van der Waals surface area contributed by atoms with Gasteiger partial charge in [0.05, 0.1) is 18.7 Å². The van der Waals surface area contributed by atoms with Crippen LogP contribution in [-0.4, -0.2) is 29.1 Å². The lowest BCUT2D eigenvalue weighted by atomic mass is 10.2. The number of fused-ring (bicyclic) bond motifs is 1. The molecule has 142 valence electrons. The maximum absolute atomic E-state index is 12.5. The van der Waals surface area contributed by atoms with E-state index in [1.165, 1.54) is 0 Å². The average Bonchev–Trinajstić information content (AvgIpc) is 2.86. The number of carbonyl (C=O) groups is 2. The van der Waals surface area contributed by atoms with E-state index in [-0.39, 0.29) is 24.5 Å². The third kappa shape index (κ3) is 4.23. The molecule has 0 aliphatic heterocycles. The Morgan fingerprint density at radius 2 is 2.00 bits per heavy atom. The van der Waals surface area contributed by atoms with Gasteiger partial charge in [-0.05, 0) is 39.3 Å². The second kappa shape index (κ2) is 8.83. The number of hydrogen-bond donors (Lipinski definition) is 1. The second-order valence-corrected chi connectivity index (χ2v) is 6.56. The van der Waals surface area contributed by atoms with Crippen molar-refractivity contribution in [2.24, 2.45) is 0 Å². The normalized spacial score (nSPS) is 12.2. The molecule has 1 N–H and O–H groups in total. The molecular formula is C20H30N3O3+. The Balaban J connectivity index is 2.40. The number of aryl methyl sites for hydroxylation is 1. The third-order valence-electron chi connectivity index (χ3n) is 4.60. The molecule has 1 aromatic heterocycles. The predicted molar refractivity (Wildman–Crippen MR) is 101 cm³/mol. The Labute approximate surface area is 155 Å². The Bertz CT molecular complexity index is 795. The lowest BCUT2D eigenvalue weighted by Gasteiger charge is -2.12. The molecule has 0 radical (unpaired) electrons. The highest BCUT2D eigenvalue weighted by Gasteiger charge is 2.24. The molecule has 0 spiro atoms. The quantitative estimate of drug-likeness (QED) is 0.581. The van der Waals surface area contributed by atoms with Gasteiger partial charge >= 0.3 is 5.97 Å². The molecule has 2 rings (SSSR count). The molecule has 2 aromatic rings. The van der Waals surface area contributed by atoms with Crippen LogP contribution in [0.3, 0.4) is 0 Å². The largest absolute Gasteiger partial charge is 0.462 e. The minimum absolute atomic E-state index is 0.0178. The third-order valence-corrected chi connectivity index (χ3v) is 4.60. The fourth-order valence-electron chi connectivity index (χ4n) is 3.37. The van der Waals surface area contributed by atoms with Crippen LogP contribution in [-0.2, 0) is 22.6 Å². The number of nitrogens with one attached hydrogen (secondary N) is 1. The van der Waals surface area contributed by atoms with Crippen LogP contribution in [0.5, 0.6) is 0 Å². The van der Waals surface area contributed by atoms with Gasteiger partial charge in [-0.3, -0.25) is 4.79 Å². The second-order valence-electron chi connectivity index (χ2n) is 6.56. The maximum Gasteiger partial charge on any atom is 0.338 e. The molecule has 6 heteroatoms. The molecule has 0 unspecified atom stereocenters. The molecule has 0 fully saturated rings. The minimum atomic E-state index is -0.344. The van der Waals surface area contributed by atoms with Crippen molar-refractivity contribution in [1.29, 1.82) is 0 Å². The SMILES string of the molecule is CCC[C@H](C)NC(=O)Cn1c(C)[n+](CC)c2ccc(C(=O)OCC)cc21. The van der Waals surface area contributed by atoms with Crippen molar-refractivity contribution < 1.29 is 18.9 Å². The minimum Gasteiger partial charge on any atom is -0.462 e. The summed E-state index contributed by atoms with van der Waals surface area (Å²) in [6, 6.07) is 5.67. The van der Waals surface area contributed by atoms with Crippen LogP contribution in [0.1, 0.15) is 56.7 Å². The summed E-state index contributed by atoms with van der Waals surface area (Å²) in [5.41, 5.74) is 2.38. The summed E-state index contributed by atoms with van der Waals surface area (Å²) in [7, 11) is 0. The smallest absolute Gasteiger partial charge is 0.338 e. The van der Waals surface area contributed by atoms with Crippen LogP contribution in [0, 0.1) is 6.92 Å². The fourth-order valence-corrected chi connectivity index (χ4v) is 3.37. The van der Waals surface area contributed by atoms with Gasteiger partial charge in [-0.1, -0.05) is 13.3 Å². The van der Waals surface area contributed by atoms with Gasteiger partial charge < -0.3 is 10.1 Å². The first-order chi connectivity index (χ1) is 12.4. The Morgan fingerprint density at radius 1 is 1.27 bits per heavy atom. The molecule has 1 aromatic carbocycles. The number of ether oxygens (including phenoxy) is 1. The highest BCUT2D eigenvalue weighted by atomic mass is 16.5. The van der Waals surface area contributed by atoms with Gasteiger partial charge in [0.1, 0.15) is 0 Å². The molecule has 6 nitrogen and oxygen atoms in total.